The van der Waals surface area contributed by atoms with Crippen molar-refractivity contribution in [2.45, 2.75) is 51.0 Å². The molecule has 0 saturated carbocycles. The van der Waals surface area contributed by atoms with Gasteiger partial charge in [0, 0.05) is 19.6 Å². The summed E-state index contributed by atoms with van der Waals surface area (Å²) >= 11 is 0. The number of benzene rings is 3. The van der Waals surface area contributed by atoms with Gasteiger partial charge in [0.15, 0.2) is 0 Å². The number of carbonyl (C=O) groups is 1. The molecule has 3 aromatic carbocycles. The third-order valence-electron chi connectivity index (χ3n) is 7.60. The molecule has 0 aliphatic carbocycles. The zero-order valence-corrected chi connectivity index (χ0v) is 22.5. The SMILES string of the molecule is O=C(O)Cn1c(=O)n(CCCCN2CCC(OC(c3ccccc3)c3ccccc3)CC2)c(=O)c2ccccc21. The van der Waals surface area contributed by atoms with E-state index in [0.717, 1.165) is 50.0 Å². The number of carboxylic acids is 1. The Hall–Kier alpha value is -4.01. The molecule has 1 saturated heterocycles. The second-order valence-corrected chi connectivity index (χ2v) is 10.3. The van der Waals surface area contributed by atoms with Crippen LogP contribution in [0.4, 0.5) is 0 Å². The Bertz CT molecular complexity index is 1500. The van der Waals surface area contributed by atoms with E-state index >= 15 is 0 Å². The molecule has 1 fully saturated rings. The Kier molecular flexibility index (Phi) is 8.88. The standard InChI is InChI=1S/C32H35N3O5/c36-29(37)23-35-28-16-8-7-15-27(28)31(38)34(32(35)39)20-10-9-19-33-21-17-26(18-22-33)40-30(24-11-3-1-4-12-24)25-13-5-2-6-14-25/h1-8,11-16,26,30H,9-10,17-23H2,(H,36,37). The zero-order valence-electron chi connectivity index (χ0n) is 22.5. The van der Waals surface area contributed by atoms with Gasteiger partial charge in [-0.2, -0.15) is 0 Å². The second-order valence-electron chi connectivity index (χ2n) is 10.3. The Morgan fingerprint density at radius 1 is 0.800 bits per heavy atom. The molecular weight excluding hydrogens is 506 g/mol. The molecule has 0 radical (unpaired) electrons. The topological polar surface area (TPSA) is 93.8 Å². The third-order valence-corrected chi connectivity index (χ3v) is 7.60. The van der Waals surface area contributed by atoms with Crippen LogP contribution in [0.5, 0.6) is 0 Å². The first-order chi connectivity index (χ1) is 19.5. The van der Waals surface area contributed by atoms with Crippen molar-refractivity contribution < 1.29 is 14.6 Å². The van der Waals surface area contributed by atoms with E-state index < -0.39 is 18.2 Å². The maximum Gasteiger partial charge on any atom is 0.332 e. The van der Waals surface area contributed by atoms with Gasteiger partial charge in [-0.05, 0) is 55.5 Å². The van der Waals surface area contributed by atoms with Gasteiger partial charge in [0.1, 0.15) is 12.6 Å². The number of likely N-dealkylation sites (tertiary alicyclic amines) is 1. The molecule has 8 heteroatoms. The number of para-hydroxylation sites is 1. The molecule has 0 spiro atoms. The molecule has 1 aromatic heterocycles. The predicted molar refractivity (Wildman–Crippen MR) is 155 cm³/mol. The van der Waals surface area contributed by atoms with Gasteiger partial charge in [0.25, 0.3) is 5.56 Å². The maximum absolute atomic E-state index is 13.0. The van der Waals surface area contributed by atoms with E-state index in [9.17, 15) is 19.5 Å². The number of unbranched alkanes of at least 4 members (excludes halogenated alkanes) is 1. The van der Waals surface area contributed by atoms with Gasteiger partial charge in [-0.1, -0.05) is 72.8 Å². The van der Waals surface area contributed by atoms with Crippen LogP contribution < -0.4 is 11.2 Å². The summed E-state index contributed by atoms with van der Waals surface area (Å²) in [6.45, 7) is 2.52. The molecule has 208 valence electrons. The van der Waals surface area contributed by atoms with Crippen molar-refractivity contribution in [3.05, 3.63) is 117 Å². The molecular formula is C32H35N3O5. The predicted octanol–water partition coefficient (Wildman–Crippen LogP) is 4.30. The molecule has 0 bridgehead atoms. The van der Waals surface area contributed by atoms with Crippen molar-refractivity contribution in [2.24, 2.45) is 0 Å². The number of aromatic nitrogens is 2. The van der Waals surface area contributed by atoms with Crippen LogP contribution in [0.15, 0.2) is 94.5 Å². The first kappa shape index (κ1) is 27.6. The average molecular weight is 542 g/mol. The molecule has 1 aliphatic rings. The number of hydrogen-bond donors (Lipinski definition) is 1. The second kappa shape index (κ2) is 12.9. The lowest BCUT2D eigenvalue weighted by atomic mass is 10.00. The fraction of sp³-hybridized carbons (Fsp3) is 0.344. The minimum Gasteiger partial charge on any atom is -0.480 e. The highest BCUT2D eigenvalue weighted by Gasteiger charge is 2.24. The van der Waals surface area contributed by atoms with Crippen molar-refractivity contribution in [3.63, 3.8) is 0 Å². The lowest BCUT2D eigenvalue weighted by molar-refractivity contribution is -0.137. The van der Waals surface area contributed by atoms with E-state index in [1.165, 1.54) is 9.13 Å². The minimum absolute atomic E-state index is 0.0932. The first-order valence-corrected chi connectivity index (χ1v) is 13.9. The smallest absolute Gasteiger partial charge is 0.332 e. The number of nitrogens with zero attached hydrogens (tertiary/aromatic N) is 3. The van der Waals surface area contributed by atoms with E-state index in [0.29, 0.717) is 17.3 Å². The Morgan fingerprint density at radius 2 is 1.38 bits per heavy atom. The summed E-state index contributed by atoms with van der Waals surface area (Å²) in [5.74, 6) is -1.12. The van der Waals surface area contributed by atoms with Crippen molar-refractivity contribution in [3.8, 4) is 0 Å². The minimum atomic E-state index is -1.12. The number of carboxylic acid groups (broad SMARTS) is 1. The normalized spacial score (nSPS) is 14.6. The van der Waals surface area contributed by atoms with Crippen LogP contribution in [-0.4, -0.2) is 50.8 Å². The maximum atomic E-state index is 13.0. The Balaban J connectivity index is 1.15. The molecule has 4 aromatic rings. The van der Waals surface area contributed by atoms with Gasteiger partial charge in [-0.3, -0.25) is 18.7 Å². The van der Waals surface area contributed by atoms with Crippen molar-refractivity contribution in [1.82, 2.24) is 14.0 Å². The highest BCUT2D eigenvalue weighted by Crippen LogP contribution is 2.30. The van der Waals surface area contributed by atoms with Gasteiger partial charge in [-0.25, -0.2) is 4.79 Å². The van der Waals surface area contributed by atoms with Crippen LogP contribution in [-0.2, 0) is 22.6 Å². The summed E-state index contributed by atoms with van der Waals surface area (Å²) < 4.78 is 9.00. The van der Waals surface area contributed by atoms with Crippen LogP contribution in [0.25, 0.3) is 10.9 Å². The van der Waals surface area contributed by atoms with Crippen LogP contribution in [0.1, 0.15) is 42.9 Å². The number of piperidine rings is 1. The molecule has 5 rings (SSSR count). The summed E-state index contributed by atoms with van der Waals surface area (Å²) in [5.41, 5.74) is 1.72. The Labute approximate surface area is 233 Å². The molecule has 0 unspecified atom stereocenters. The van der Waals surface area contributed by atoms with E-state index in [1.807, 2.05) is 36.4 Å². The highest BCUT2D eigenvalue weighted by atomic mass is 16.5. The van der Waals surface area contributed by atoms with Crippen molar-refractivity contribution in [1.29, 1.82) is 0 Å². The van der Waals surface area contributed by atoms with Gasteiger partial charge in [0.2, 0.25) is 0 Å². The van der Waals surface area contributed by atoms with Crippen LogP contribution in [0.3, 0.4) is 0 Å². The summed E-state index contributed by atoms with van der Waals surface area (Å²) in [6, 6.07) is 27.4. The molecule has 1 aliphatic heterocycles. The molecule has 40 heavy (non-hydrogen) atoms. The fourth-order valence-corrected chi connectivity index (χ4v) is 5.53. The lowest BCUT2D eigenvalue weighted by Gasteiger charge is -2.34. The third kappa shape index (κ3) is 6.41. The Morgan fingerprint density at radius 3 is 2.00 bits per heavy atom. The fourth-order valence-electron chi connectivity index (χ4n) is 5.53. The van der Waals surface area contributed by atoms with E-state index in [1.54, 1.807) is 24.3 Å². The summed E-state index contributed by atoms with van der Waals surface area (Å²) in [6.07, 6.45) is 3.45. The summed E-state index contributed by atoms with van der Waals surface area (Å²) in [5, 5.41) is 9.65. The van der Waals surface area contributed by atoms with Gasteiger partial charge >= 0.3 is 11.7 Å². The van der Waals surface area contributed by atoms with Gasteiger partial charge in [-0.15, -0.1) is 0 Å². The van der Waals surface area contributed by atoms with Crippen molar-refractivity contribution >= 4 is 16.9 Å². The number of aliphatic carboxylic acids is 1. The quantitative estimate of drug-likeness (QED) is 0.285. The van der Waals surface area contributed by atoms with Crippen LogP contribution in [0.2, 0.25) is 0 Å². The highest BCUT2D eigenvalue weighted by molar-refractivity contribution is 5.79. The number of ether oxygens (including phenoxy) is 1. The number of rotatable bonds is 11. The molecule has 0 amide bonds. The van der Waals surface area contributed by atoms with E-state index in [4.69, 9.17) is 4.74 Å². The van der Waals surface area contributed by atoms with Gasteiger partial charge < -0.3 is 14.7 Å². The van der Waals surface area contributed by atoms with E-state index in [-0.39, 0.29) is 24.3 Å². The molecule has 0 atom stereocenters. The molecule has 8 nitrogen and oxygen atoms in total. The summed E-state index contributed by atoms with van der Waals surface area (Å²) in [4.78, 5) is 39.8. The molecule has 2 heterocycles. The van der Waals surface area contributed by atoms with Crippen molar-refractivity contribution in [2.75, 3.05) is 19.6 Å². The zero-order chi connectivity index (χ0) is 27.9. The first-order valence-electron chi connectivity index (χ1n) is 13.9. The van der Waals surface area contributed by atoms with Gasteiger partial charge in [0.05, 0.1) is 17.0 Å². The molecule has 1 N–H and O–H groups in total. The van der Waals surface area contributed by atoms with Crippen LogP contribution in [0, 0.1) is 0 Å². The van der Waals surface area contributed by atoms with E-state index in [2.05, 4.69) is 29.2 Å². The summed E-state index contributed by atoms with van der Waals surface area (Å²) in [7, 11) is 0. The monoisotopic (exact) mass is 541 g/mol. The number of fused-ring (bicyclic) bond motifs is 1. The lowest BCUT2D eigenvalue weighted by Crippen LogP contribution is -2.41. The number of hydrogen-bond acceptors (Lipinski definition) is 5. The van der Waals surface area contributed by atoms with Crippen LogP contribution >= 0.6 is 0 Å². The average Bonchev–Trinajstić information content (AvgIpc) is 2.99. The largest absolute Gasteiger partial charge is 0.480 e.